The largest absolute Gasteiger partial charge is 0.311 e. The van der Waals surface area contributed by atoms with Gasteiger partial charge in [-0.1, -0.05) is 0 Å². The minimum Gasteiger partial charge on any atom is -0.311 e. The van der Waals surface area contributed by atoms with Crippen molar-refractivity contribution in [3.05, 3.63) is 17.5 Å². The number of hydrogen-bond donors (Lipinski definition) is 1. The van der Waals surface area contributed by atoms with E-state index in [4.69, 9.17) is 0 Å². The molecule has 0 fully saturated rings. The van der Waals surface area contributed by atoms with E-state index in [1.54, 1.807) is 0 Å². The van der Waals surface area contributed by atoms with Gasteiger partial charge in [-0.15, -0.1) is 0 Å². The van der Waals surface area contributed by atoms with Crippen molar-refractivity contribution in [3.8, 4) is 0 Å². The van der Waals surface area contributed by atoms with Gasteiger partial charge in [0.2, 0.25) is 0 Å². The zero-order chi connectivity index (χ0) is 13.5. The number of aryl methyl sites for hydroxylation is 2. The van der Waals surface area contributed by atoms with Crippen LogP contribution in [-0.2, 0) is 13.1 Å². The van der Waals surface area contributed by atoms with Crippen LogP contribution in [0.25, 0.3) is 0 Å². The second-order valence-electron chi connectivity index (χ2n) is 5.20. The summed E-state index contributed by atoms with van der Waals surface area (Å²) in [6.07, 6.45) is 1.19. The van der Waals surface area contributed by atoms with Gasteiger partial charge in [0.1, 0.15) is 0 Å². The molecule has 0 aliphatic rings. The summed E-state index contributed by atoms with van der Waals surface area (Å²) in [6, 6.07) is 2.80. The average molecular weight is 252 g/mol. The van der Waals surface area contributed by atoms with Gasteiger partial charge in [-0.3, -0.25) is 4.68 Å². The van der Waals surface area contributed by atoms with E-state index in [9.17, 15) is 0 Å². The average Bonchev–Trinajstić information content (AvgIpc) is 2.68. The lowest BCUT2D eigenvalue weighted by Crippen LogP contribution is -2.29. The molecule has 1 aromatic rings. The van der Waals surface area contributed by atoms with Crippen LogP contribution in [0.3, 0.4) is 0 Å². The maximum absolute atomic E-state index is 4.45. The Morgan fingerprint density at radius 3 is 2.78 bits per heavy atom. The first-order chi connectivity index (χ1) is 8.54. The van der Waals surface area contributed by atoms with E-state index in [1.807, 2.05) is 6.92 Å². The maximum atomic E-state index is 4.45. The van der Waals surface area contributed by atoms with Crippen molar-refractivity contribution >= 4 is 0 Å². The van der Waals surface area contributed by atoms with Crippen LogP contribution in [-0.4, -0.2) is 40.9 Å². The highest BCUT2D eigenvalue weighted by Gasteiger charge is 2.04. The summed E-state index contributed by atoms with van der Waals surface area (Å²) in [7, 11) is 2.18. The minimum atomic E-state index is 0.633. The summed E-state index contributed by atoms with van der Waals surface area (Å²) in [4.78, 5) is 2.38. The predicted molar refractivity (Wildman–Crippen MR) is 76.7 cm³/mol. The Bertz CT molecular complexity index is 344. The quantitative estimate of drug-likeness (QED) is 0.719. The Balaban J connectivity index is 2.21. The topological polar surface area (TPSA) is 33.1 Å². The minimum absolute atomic E-state index is 0.633. The molecule has 1 rings (SSSR count). The third-order valence-electron chi connectivity index (χ3n) is 3.34. The van der Waals surface area contributed by atoms with Gasteiger partial charge < -0.3 is 10.2 Å². The zero-order valence-electron chi connectivity index (χ0n) is 12.5. The van der Waals surface area contributed by atoms with Crippen LogP contribution >= 0.6 is 0 Å². The zero-order valence-corrected chi connectivity index (χ0v) is 12.5. The number of rotatable bonds is 8. The molecule has 0 bridgehead atoms. The van der Waals surface area contributed by atoms with Crippen LogP contribution in [0, 0.1) is 6.92 Å². The molecular weight excluding hydrogens is 224 g/mol. The van der Waals surface area contributed by atoms with Gasteiger partial charge in [0.05, 0.1) is 11.4 Å². The normalized spacial score (nSPS) is 11.7. The Kier molecular flexibility index (Phi) is 6.36. The molecule has 0 saturated carbocycles. The first kappa shape index (κ1) is 15.2. The maximum Gasteiger partial charge on any atom is 0.0597 e. The molecular formula is C14H28N4. The van der Waals surface area contributed by atoms with Gasteiger partial charge in [-0.05, 0) is 60.3 Å². The first-order valence-electron chi connectivity index (χ1n) is 6.98. The van der Waals surface area contributed by atoms with Gasteiger partial charge in [0.25, 0.3) is 0 Å². The Morgan fingerprint density at radius 1 is 1.44 bits per heavy atom. The molecule has 0 atom stereocenters. The Hall–Kier alpha value is -0.870. The molecule has 1 N–H and O–H groups in total. The number of nitrogens with zero attached hydrogens (tertiary/aromatic N) is 3. The predicted octanol–water partition coefficient (Wildman–Crippen LogP) is 2.03. The van der Waals surface area contributed by atoms with Crippen LogP contribution < -0.4 is 5.32 Å². The first-order valence-corrected chi connectivity index (χ1v) is 6.98. The van der Waals surface area contributed by atoms with Crippen molar-refractivity contribution in [1.29, 1.82) is 0 Å². The van der Waals surface area contributed by atoms with E-state index in [-0.39, 0.29) is 0 Å². The fourth-order valence-electron chi connectivity index (χ4n) is 1.94. The molecule has 4 heteroatoms. The number of hydrogen-bond acceptors (Lipinski definition) is 3. The molecule has 0 aliphatic heterocycles. The van der Waals surface area contributed by atoms with Crippen LogP contribution in [0.1, 0.15) is 38.6 Å². The van der Waals surface area contributed by atoms with Gasteiger partial charge in [-0.2, -0.15) is 5.10 Å². The highest BCUT2D eigenvalue weighted by Crippen LogP contribution is 2.03. The van der Waals surface area contributed by atoms with Gasteiger partial charge in [0, 0.05) is 19.1 Å². The highest BCUT2D eigenvalue weighted by atomic mass is 15.3. The molecule has 0 aromatic carbocycles. The lowest BCUT2D eigenvalue weighted by molar-refractivity contribution is 0.269. The SMILES string of the molecule is CCn1nc(C)cc1CNCCCN(C)C(C)C. The van der Waals surface area contributed by atoms with Gasteiger partial charge >= 0.3 is 0 Å². The third-order valence-corrected chi connectivity index (χ3v) is 3.34. The lowest BCUT2D eigenvalue weighted by atomic mass is 10.3. The molecule has 0 saturated heterocycles. The van der Waals surface area contributed by atoms with Crippen molar-refractivity contribution in [2.24, 2.45) is 0 Å². The molecule has 0 radical (unpaired) electrons. The number of nitrogens with one attached hydrogen (secondary N) is 1. The van der Waals surface area contributed by atoms with Crippen molar-refractivity contribution in [2.45, 2.75) is 53.2 Å². The fraction of sp³-hybridized carbons (Fsp3) is 0.786. The van der Waals surface area contributed by atoms with E-state index >= 15 is 0 Å². The van der Waals surface area contributed by atoms with E-state index in [2.05, 4.69) is 53.9 Å². The van der Waals surface area contributed by atoms with Crippen molar-refractivity contribution in [3.63, 3.8) is 0 Å². The molecule has 4 nitrogen and oxygen atoms in total. The van der Waals surface area contributed by atoms with Crippen molar-refractivity contribution in [2.75, 3.05) is 20.1 Å². The van der Waals surface area contributed by atoms with Crippen LogP contribution in [0.2, 0.25) is 0 Å². The van der Waals surface area contributed by atoms with Crippen molar-refractivity contribution in [1.82, 2.24) is 20.0 Å². The molecule has 0 aliphatic carbocycles. The summed E-state index contributed by atoms with van der Waals surface area (Å²) in [6.45, 7) is 12.7. The summed E-state index contributed by atoms with van der Waals surface area (Å²) in [5.74, 6) is 0. The molecule has 18 heavy (non-hydrogen) atoms. The molecule has 1 aromatic heterocycles. The Labute approximate surface area is 111 Å². The molecule has 1 heterocycles. The molecule has 0 amide bonds. The summed E-state index contributed by atoms with van der Waals surface area (Å²) in [5.41, 5.74) is 2.39. The summed E-state index contributed by atoms with van der Waals surface area (Å²) < 4.78 is 2.07. The Morgan fingerprint density at radius 2 is 2.17 bits per heavy atom. The van der Waals surface area contributed by atoms with E-state index < -0.39 is 0 Å². The van der Waals surface area contributed by atoms with E-state index in [0.717, 1.165) is 31.9 Å². The van der Waals surface area contributed by atoms with Crippen molar-refractivity contribution < 1.29 is 0 Å². The van der Waals surface area contributed by atoms with E-state index in [1.165, 1.54) is 12.1 Å². The monoisotopic (exact) mass is 252 g/mol. The van der Waals surface area contributed by atoms with Gasteiger partial charge in [0.15, 0.2) is 0 Å². The molecule has 104 valence electrons. The second-order valence-corrected chi connectivity index (χ2v) is 5.20. The smallest absolute Gasteiger partial charge is 0.0597 e. The fourth-order valence-corrected chi connectivity index (χ4v) is 1.94. The summed E-state index contributed by atoms with van der Waals surface area (Å²) in [5, 5.41) is 7.94. The standard InChI is InChI=1S/C14H28N4/c1-6-18-14(10-13(4)16-18)11-15-8-7-9-17(5)12(2)3/h10,12,15H,6-9,11H2,1-5H3. The molecule has 0 spiro atoms. The highest BCUT2D eigenvalue weighted by molar-refractivity contribution is 5.08. The van der Waals surface area contributed by atoms with Crippen LogP contribution in [0.4, 0.5) is 0 Å². The summed E-state index contributed by atoms with van der Waals surface area (Å²) >= 11 is 0. The lowest BCUT2D eigenvalue weighted by Gasteiger charge is -2.20. The second kappa shape index (κ2) is 7.54. The van der Waals surface area contributed by atoms with Crippen LogP contribution in [0.5, 0.6) is 0 Å². The number of aromatic nitrogens is 2. The molecule has 0 unspecified atom stereocenters. The van der Waals surface area contributed by atoms with E-state index in [0.29, 0.717) is 6.04 Å². The van der Waals surface area contributed by atoms with Gasteiger partial charge in [-0.25, -0.2) is 0 Å². The third kappa shape index (κ3) is 4.78. The van der Waals surface area contributed by atoms with Crippen LogP contribution in [0.15, 0.2) is 6.07 Å².